The molecule has 0 radical (unpaired) electrons. The first-order valence-electron chi connectivity index (χ1n) is 6.45. The van der Waals surface area contributed by atoms with Gasteiger partial charge in [-0.15, -0.1) is 0 Å². The second-order valence-corrected chi connectivity index (χ2v) is 4.46. The van der Waals surface area contributed by atoms with E-state index in [1.807, 2.05) is 38.1 Å². The van der Waals surface area contributed by atoms with Gasteiger partial charge in [0, 0.05) is 12.6 Å². The Morgan fingerprint density at radius 2 is 1.84 bits per heavy atom. The van der Waals surface area contributed by atoms with E-state index < -0.39 is 12.6 Å². The molecule has 0 saturated heterocycles. The van der Waals surface area contributed by atoms with Crippen molar-refractivity contribution < 1.29 is 17.9 Å². The van der Waals surface area contributed by atoms with Gasteiger partial charge in [0.15, 0.2) is 0 Å². The average Bonchev–Trinajstić information content (AvgIpc) is 2.35. The van der Waals surface area contributed by atoms with Crippen LogP contribution in [0.15, 0.2) is 24.3 Å². The van der Waals surface area contributed by atoms with Gasteiger partial charge in [-0.05, 0) is 31.0 Å². The van der Waals surface area contributed by atoms with Crippen LogP contribution >= 0.6 is 0 Å². The zero-order chi connectivity index (χ0) is 14.3. The molecule has 0 aromatic heterocycles. The summed E-state index contributed by atoms with van der Waals surface area (Å²) in [4.78, 5) is 0. The molecule has 0 aliphatic heterocycles. The lowest BCUT2D eigenvalue weighted by molar-refractivity contribution is -0.133. The molecule has 1 rings (SSSR count). The maximum atomic E-state index is 12.0. The van der Waals surface area contributed by atoms with Gasteiger partial charge in [0.25, 0.3) is 0 Å². The molecule has 108 valence electrons. The van der Waals surface area contributed by atoms with Gasteiger partial charge in [-0.2, -0.15) is 13.2 Å². The van der Waals surface area contributed by atoms with E-state index in [-0.39, 0.29) is 12.6 Å². The van der Waals surface area contributed by atoms with Crippen molar-refractivity contribution in [3.63, 3.8) is 0 Å². The standard InChI is InChI=1S/C14H20F3NO/c1-3-10-19-13-6-4-12(5-7-13)11(2)18-9-8-14(15,16)17/h4-7,11,18H,3,8-10H2,1-2H3. The fourth-order valence-corrected chi connectivity index (χ4v) is 1.62. The normalized spacial score (nSPS) is 13.3. The maximum absolute atomic E-state index is 12.0. The summed E-state index contributed by atoms with van der Waals surface area (Å²) in [5, 5.41) is 2.86. The minimum Gasteiger partial charge on any atom is -0.494 e. The molecule has 1 aromatic rings. The Bertz CT molecular complexity index is 362. The largest absolute Gasteiger partial charge is 0.494 e. The molecule has 1 atom stereocenters. The van der Waals surface area contributed by atoms with E-state index in [2.05, 4.69) is 5.32 Å². The first kappa shape index (κ1) is 15.8. The lowest BCUT2D eigenvalue weighted by Crippen LogP contribution is -2.24. The SMILES string of the molecule is CCCOc1ccc(C(C)NCCC(F)(F)F)cc1. The molecular weight excluding hydrogens is 255 g/mol. The number of halogens is 3. The van der Waals surface area contributed by atoms with Gasteiger partial charge < -0.3 is 10.1 Å². The number of ether oxygens (including phenoxy) is 1. The number of benzene rings is 1. The van der Waals surface area contributed by atoms with E-state index >= 15 is 0 Å². The highest BCUT2D eigenvalue weighted by Crippen LogP contribution is 2.20. The average molecular weight is 275 g/mol. The smallest absolute Gasteiger partial charge is 0.390 e. The second-order valence-electron chi connectivity index (χ2n) is 4.46. The zero-order valence-corrected chi connectivity index (χ0v) is 11.3. The molecule has 19 heavy (non-hydrogen) atoms. The predicted octanol–water partition coefficient (Wildman–Crippen LogP) is 4.08. The van der Waals surface area contributed by atoms with Crippen LogP contribution in [-0.4, -0.2) is 19.3 Å². The first-order valence-corrected chi connectivity index (χ1v) is 6.45. The highest BCUT2D eigenvalue weighted by molar-refractivity contribution is 5.28. The highest BCUT2D eigenvalue weighted by Gasteiger charge is 2.26. The third-order valence-corrected chi connectivity index (χ3v) is 2.71. The molecular formula is C14H20F3NO. The third kappa shape index (κ3) is 6.47. The molecule has 0 aliphatic rings. The fraction of sp³-hybridized carbons (Fsp3) is 0.571. The molecule has 2 nitrogen and oxygen atoms in total. The van der Waals surface area contributed by atoms with Crippen molar-refractivity contribution in [1.29, 1.82) is 0 Å². The second kappa shape index (κ2) is 7.38. The van der Waals surface area contributed by atoms with Crippen LogP contribution in [0, 0.1) is 0 Å². The molecule has 1 unspecified atom stereocenters. The van der Waals surface area contributed by atoms with Gasteiger partial charge in [0.2, 0.25) is 0 Å². The van der Waals surface area contributed by atoms with Crippen LogP contribution in [0.1, 0.15) is 38.3 Å². The van der Waals surface area contributed by atoms with Gasteiger partial charge in [0.1, 0.15) is 5.75 Å². The van der Waals surface area contributed by atoms with E-state index in [1.165, 1.54) is 0 Å². The fourth-order valence-electron chi connectivity index (χ4n) is 1.62. The van der Waals surface area contributed by atoms with Crippen LogP contribution in [0.4, 0.5) is 13.2 Å². The van der Waals surface area contributed by atoms with Gasteiger partial charge in [-0.1, -0.05) is 19.1 Å². The Hall–Kier alpha value is -1.23. The maximum Gasteiger partial charge on any atom is 0.390 e. The summed E-state index contributed by atoms with van der Waals surface area (Å²) in [5.74, 6) is 0.785. The highest BCUT2D eigenvalue weighted by atomic mass is 19.4. The van der Waals surface area contributed by atoms with Gasteiger partial charge in [-0.3, -0.25) is 0 Å². The Kier molecular flexibility index (Phi) is 6.15. The Labute approximate surface area is 112 Å². The minimum atomic E-state index is -4.11. The number of hydrogen-bond acceptors (Lipinski definition) is 2. The summed E-state index contributed by atoms with van der Waals surface area (Å²) in [6.07, 6.45) is -3.98. The van der Waals surface area contributed by atoms with Crippen molar-refractivity contribution in [2.24, 2.45) is 0 Å². The van der Waals surface area contributed by atoms with Crippen molar-refractivity contribution in [2.45, 2.75) is 38.9 Å². The monoisotopic (exact) mass is 275 g/mol. The summed E-state index contributed by atoms with van der Waals surface area (Å²) in [7, 11) is 0. The van der Waals surface area contributed by atoms with Crippen molar-refractivity contribution >= 4 is 0 Å². The lowest BCUT2D eigenvalue weighted by Gasteiger charge is -2.15. The Morgan fingerprint density at radius 3 is 2.37 bits per heavy atom. The minimum absolute atomic E-state index is 0.0707. The van der Waals surface area contributed by atoms with Crippen LogP contribution in [0.3, 0.4) is 0 Å². The molecule has 0 amide bonds. The molecule has 1 N–H and O–H groups in total. The summed E-state index contributed by atoms with van der Waals surface area (Å²) in [6, 6.07) is 7.31. The molecule has 5 heteroatoms. The van der Waals surface area contributed by atoms with Crippen LogP contribution in [-0.2, 0) is 0 Å². The van der Waals surface area contributed by atoms with Crippen molar-refractivity contribution in [3.8, 4) is 5.75 Å². The zero-order valence-electron chi connectivity index (χ0n) is 11.3. The molecule has 0 heterocycles. The third-order valence-electron chi connectivity index (χ3n) is 2.71. The van der Waals surface area contributed by atoms with Crippen LogP contribution in [0.25, 0.3) is 0 Å². The number of nitrogens with one attached hydrogen (secondary N) is 1. The van der Waals surface area contributed by atoms with E-state index in [4.69, 9.17) is 4.74 Å². The Balaban J connectivity index is 2.42. The van der Waals surface area contributed by atoms with E-state index in [0.29, 0.717) is 6.61 Å². The topological polar surface area (TPSA) is 21.3 Å². The quantitative estimate of drug-likeness (QED) is 0.809. The summed E-state index contributed by atoms with van der Waals surface area (Å²) >= 11 is 0. The first-order chi connectivity index (χ1) is 8.92. The Morgan fingerprint density at radius 1 is 1.21 bits per heavy atom. The summed E-state index contributed by atoms with van der Waals surface area (Å²) in [5.41, 5.74) is 0.950. The molecule has 0 spiro atoms. The van der Waals surface area contributed by atoms with E-state index in [0.717, 1.165) is 17.7 Å². The number of alkyl halides is 3. The molecule has 0 fully saturated rings. The van der Waals surface area contributed by atoms with Gasteiger partial charge >= 0.3 is 6.18 Å². The van der Waals surface area contributed by atoms with Gasteiger partial charge in [-0.25, -0.2) is 0 Å². The number of hydrogen-bond donors (Lipinski definition) is 1. The van der Waals surface area contributed by atoms with Crippen molar-refractivity contribution in [1.82, 2.24) is 5.32 Å². The summed E-state index contributed by atoms with van der Waals surface area (Å²) in [6.45, 7) is 4.47. The lowest BCUT2D eigenvalue weighted by atomic mass is 10.1. The van der Waals surface area contributed by atoms with Crippen LogP contribution < -0.4 is 10.1 Å². The predicted molar refractivity (Wildman–Crippen MR) is 69.3 cm³/mol. The van der Waals surface area contributed by atoms with Crippen LogP contribution in [0.2, 0.25) is 0 Å². The van der Waals surface area contributed by atoms with E-state index in [1.54, 1.807) is 0 Å². The summed E-state index contributed by atoms with van der Waals surface area (Å²) < 4.78 is 41.5. The molecule has 0 saturated carbocycles. The molecule has 1 aromatic carbocycles. The van der Waals surface area contributed by atoms with Gasteiger partial charge in [0.05, 0.1) is 13.0 Å². The van der Waals surface area contributed by atoms with E-state index in [9.17, 15) is 13.2 Å². The van der Waals surface area contributed by atoms with Crippen LogP contribution in [0.5, 0.6) is 5.75 Å². The molecule has 0 aliphatic carbocycles. The van der Waals surface area contributed by atoms with Crippen molar-refractivity contribution in [2.75, 3.05) is 13.2 Å². The molecule has 0 bridgehead atoms. The number of rotatable bonds is 7. The van der Waals surface area contributed by atoms with Crippen molar-refractivity contribution in [3.05, 3.63) is 29.8 Å².